The number of halogens is 1. The maximum absolute atomic E-state index is 11.2. The second kappa shape index (κ2) is 5.08. The lowest BCUT2D eigenvalue weighted by Crippen LogP contribution is -2.35. The summed E-state index contributed by atoms with van der Waals surface area (Å²) in [5, 5.41) is 9.21. The molecule has 3 nitrogen and oxygen atoms in total. The second-order valence-corrected chi connectivity index (χ2v) is 5.58. The van der Waals surface area contributed by atoms with E-state index in [1.54, 1.807) is 12.1 Å². The smallest absolute Gasteiger partial charge is 0.337 e. The maximum Gasteiger partial charge on any atom is 0.337 e. The Hall–Kier alpha value is -1.03. The maximum atomic E-state index is 11.2. The normalized spacial score (nSPS) is 20.4. The Morgan fingerprint density at radius 1 is 1.53 bits per heavy atom. The van der Waals surface area contributed by atoms with E-state index in [2.05, 4.69) is 27.8 Å². The number of hydrogen-bond acceptors (Lipinski definition) is 2. The highest BCUT2D eigenvalue weighted by molar-refractivity contribution is 9.10. The van der Waals surface area contributed by atoms with Gasteiger partial charge in [0.2, 0.25) is 0 Å². The Morgan fingerprint density at radius 3 is 2.94 bits per heavy atom. The average Bonchev–Trinajstić information content (AvgIpc) is 2.28. The van der Waals surface area contributed by atoms with E-state index < -0.39 is 5.97 Å². The molecule has 1 fully saturated rings. The Morgan fingerprint density at radius 2 is 2.29 bits per heavy atom. The van der Waals surface area contributed by atoms with Gasteiger partial charge in [0.15, 0.2) is 0 Å². The first-order valence-corrected chi connectivity index (χ1v) is 6.65. The van der Waals surface area contributed by atoms with Gasteiger partial charge in [-0.2, -0.15) is 0 Å². The van der Waals surface area contributed by atoms with Crippen molar-refractivity contribution in [2.45, 2.75) is 19.8 Å². The van der Waals surface area contributed by atoms with Crippen LogP contribution in [0.3, 0.4) is 0 Å². The van der Waals surface area contributed by atoms with Gasteiger partial charge in [0.1, 0.15) is 0 Å². The topological polar surface area (TPSA) is 40.5 Å². The molecule has 1 aromatic carbocycles. The molecule has 0 radical (unpaired) electrons. The van der Waals surface area contributed by atoms with Crippen LogP contribution < -0.4 is 4.90 Å². The molecule has 1 N–H and O–H groups in total. The molecule has 0 amide bonds. The van der Waals surface area contributed by atoms with Gasteiger partial charge in [0.25, 0.3) is 0 Å². The van der Waals surface area contributed by atoms with Crippen molar-refractivity contribution in [2.75, 3.05) is 18.0 Å². The van der Waals surface area contributed by atoms with E-state index in [4.69, 9.17) is 0 Å². The van der Waals surface area contributed by atoms with Crippen molar-refractivity contribution >= 4 is 27.6 Å². The van der Waals surface area contributed by atoms with E-state index in [1.165, 1.54) is 6.42 Å². The summed E-state index contributed by atoms with van der Waals surface area (Å²) in [4.78, 5) is 13.4. The highest BCUT2D eigenvalue weighted by Crippen LogP contribution is 2.29. The molecule has 0 saturated carbocycles. The fraction of sp³-hybridized carbons (Fsp3) is 0.462. The third kappa shape index (κ3) is 2.80. The van der Waals surface area contributed by atoms with E-state index in [0.29, 0.717) is 11.5 Å². The first-order valence-electron chi connectivity index (χ1n) is 5.85. The van der Waals surface area contributed by atoms with Crippen molar-refractivity contribution in [3.05, 3.63) is 28.2 Å². The first kappa shape index (κ1) is 12.4. The van der Waals surface area contributed by atoms with Crippen LogP contribution in [0, 0.1) is 5.92 Å². The van der Waals surface area contributed by atoms with Crippen LogP contribution in [0.1, 0.15) is 30.1 Å². The number of carbonyl (C=O) groups is 1. The molecule has 1 heterocycles. The van der Waals surface area contributed by atoms with Crippen LogP contribution in [0.15, 0.2) is 22.7 Å². The molecule has 17 heavy (non-hydrogen) atoms. The van der Waals surface area contributed by atoms with Gasteiger partial charge in [-0.25, -0.2) is 4.79 Å². The van der Waals surface area contributed by atoms with E-state index in [-0.39, 0.29) is 0 Å². The van der Waals surface area contributed by atoms with Crippen molar-refractivity contribution in [1.82, 2.24) is 0 Å². The van der Waals surface area contributed by atoms with Crippen LogP contribution in [0.2, 0.25) is 0 Å². The summed E-state index contributed by atoms with van der Waals surface area (Å²) in [5.41, 5.74) is 1.22. The molecule has 1 aliphatic heterocycles. The Kier molecular flexibility index (Phi) is 3.72. The lowest BCUT2D eigenvalue weighted by Gasteiger charge is -2.33. The number of hydrogen-bond donors (Lipinski definition) is 1. The van der Waals surface area contributed by atoms with E-state index >= 15 is 0 Å². The van der Waals surface area contributed by atoms with E-state index in [1.807, 2.05) is 6.07 Å². The molecule has 0 bridgehead atoms. The number of benzene rings is 1. The molecule has 1 unspecified atom stereocenters. The van der Waals surface area contributed by atoms with Crippen molar-refractivity contribution < 1.29 is 9.90 Å². The minimum Gasteiger partial charge on any atom is -0.478 e. The van der Waals surface area contributed by atoms with Gasteiger partial charge in [-0.05, 0) is 37.0 Å². The first-order chi connectivity index (χ1) is 8.08. The minimum absolute atomic E-state index is 0.391. The minimum atomic E-state index is -0.856. The van der Waals surface area contributed by atoms with Gasteiger partial charge >= 0.3 is 5.97 Å². The summed E-state index contributed by atoms with van der Waals surface area (Å²) in [6.07, 6.45) is 2.36. The fourth-order valence-electron chi connectivity index (χ4n) is 2.36. The van der Waals surface area contributed by atoms with Crippen LogP contribution in [0.5, 0.6) is 0 Å². The van der Waals surface area contributed by atoms with E-state index in [9.17, 15) is 9.90 Å². The molecule has 0 spiro atoms. The predicted octanol–water partition coefficient (Wildman–Crippen LogP) is 3.38. The molecule has 1 aliphatic rings. The van der Waals surface area contributed by atoms with Gasteiger partial charge < -0.3 is 10.0 Å². The van der Waals surface area contributed by atoms with Gasteiger partial charge in [-0.3, -0.25) is 0 Å². The molecule has 4 heteroatoms. The molecular weight excluding hydrogens is 282 g/mol. The average molecular weight is 298 g/mol. The molecule has 92 valence electrons. The number of piperidine rings is 1. The SMILES string of the molecule is CC1CCCN(c2cc(Br)ccc2C(=O)O)C1. The number of anilines is 1. The summed E-state index contributed by atoms with van der Waals surface area (Å²) < 4.78 is 0.927. The van der Waals surface area contributed by atoms with Gasteiger partial charge in [-0.1, -0.05) is 22.9 Å². The molecular formula is C13H16BrNO2. The Balaban J connectivity index is 2.35. The molecule has 1 aromatic rings. The molecule has 0 aromatic heterocycles. The van der Waals surface area contributed by atoms with Crippen molar-refractivity contribution in [3.63, 3.8) is 0 Å². The van der Waals surface area contributed by atoms with Crippen LogP contribution in [-0.4, -0.2) is 24.2 Å². The van der Waals surface area contributed by atoms with E-state index in [0.717, 1.165) is 29.7 Å². The van der Waals surface area contributed by atoms with Crippen LogP contribution >= 0.6 is 15.9 Å². The van der Waals surface area contributed by atoms with Crippen LogP contribution in [0.25, 0.3) is 0 Å². The second-order valence-electron chi connectivity index (χ2n) is 4.66. The largest absolute Gasteiger partial charge is 0.478 e. The highest BCUT2D eigenvalue weighted by Gasteiger charge is 2.21. The van der Waals surface area contributed by atoms with Crippen LogP contribution in [-0.2, 0) is 0 Å². The third-order valence-corrected chi connectivity index (χ3v) is 3.68. The number of carboxylic acids is 1. The summed E-state index contributed by atoms with van der Waals surface area (Å²) >= 11 is 3.41. The lowest BCUT2D eigenvalue weighted by atomic mass is 9.99. The third-order valence-electron chi connectivity index (χ3n) is 3.19. The molecule has 1 atom stereocenters. The Bertz CT molecular complexity index is 433. The van der Waals surface area contributed by atoms with Gasteiger partial charge in [0, 0.05) is 17.6 Å². The quantitative estimate of drug-likeness (QED) is 0.910. The number of carboxylic acid groups (broad SMARTS) is 1. The summed E-state index contributed by atoms with van der Waals surface area (Å²) in [5.74, 6) is -0.227. The number of rotatable bonds is 2. The van der Waals surface area contributed by atoms with Crippen molar-refractivity contribution in [1.29, 1.82) is 0 Å². The summed E-state index contributed by atoms with van der Waals surface area (Å²) in [7, 11) is 0. The number of nitrogens with zero attached hydrogens (tertiary/aromatic N) is 1. The standard InChI is InChI=1S/C13H16BrNO2/c1-9-3-2-6-15(8-9)12-7-10(14)4-5-11(12)13(16)17/h4-5,7,9H,2-3,6,8H2,1H3,(H,16,17). The number of aromatic carboxylic acids is 1. The van der Waals surface area contributed by atoms with Gasteiger partial charge in [0.05, 0.1) is 11.3 Å². The highest BCUT2D eigenvalue weighted by atomic mass is 79.9. The zero-order valence-corrected chi connectivity index (χ0v) is 11.4. The molecule has 2 rings (SSSR count). The van der Waals surface area contributed by atoms with Gasteiger partial charge in [-0.15, -0.1) is 0 Å². The van der Waals surface area contributed by atoms with Crippen LogP contribution in [0.4, 0.5) is 5.69 Å². The summed E-state index contributed by atoms with van der Waals surface area (Å²) in [6, 6.07) is 5.35. The zero-order chi connectivity index (χ0) is 12.4. The molecule has 1 saturated heterocycles. The zero-order valence-electron chi connectivity index (χ0n) is 9.82. The van der Waals surface area contributed by atoms with Crippen molar-refractivity contribution in [3.8, 4) is 0 Å². The predicted molar refractivity (Wildman–Crippen MR) is 71.7 cm³/mol. The molecule has 0 aliphatic carbocycles. The monoisotopic (exact) mass is 297 g/mol. The summed E-state index contributed by atoms with van der Waals surface area (Å²) in [6.45, 7) is 4.10. The lowest BCUT2D eigenvalue weighted by molar-refractivity contribution is 0.0697. The van der Waals surface area contributed by atoms with Crippen molar-refractivity contribution in [2.24, 2.45) is 5.92 Å². The fourth-order valence-corrected chi connectivity index (χ4v) is 2.70. The Labute approximate surface area is 110 Å².